The van der Waals surface area contributed by atoms with Gasteiger partial charge in [-0.1, -0.05) is 49.2 Å². The van der Waals surface area contributed by atoms with Gasteiger partial charge in [-0.05, 0) is 56.3 Å². The van der Waals surface area contributed by atoms with Crippen LogP contribution in [0.4, 0.5) is 0 Å². The molecular formula is C26H28Cl2N4O3. The van der Waals surface area contributed by atoms with Crippen LogP contribution in [0.3, 0.4) is 0 Å². The Labute approximate surface area is 214 Å². The Hall–Kier alpha value is -2.87. The predicted octanol–water partition coefficient (Wildman–Crippen LogP) is 5.02. The van der Waals surface area contributed by atoms with Gasteiger partial charge in [0, 0.05) is 19.3 Å². The molecule has 1 aliphatic rings. The van der Waals surface area contributed by atoms with Gasteiger partial charge in [-0.25, -0.2) is 4.98 Å². The number of hydrogen-bond acceptors (Lipinski definition) is 5. The average Bonchev–Trinajstić information content (AvgIpc) is 3.31. The summed E-state index contributed by atoms with van der Waals surface area (Å²) in [5.41, 5.74) is 3.13. The number of benzene rings is 1. The minimum Gasteiger partial charge on any atom is -0.505 e. The van der Waals surface area contributed by atoms with Crippen molar-refractivity contribution in [3.8, 4) is 0 Å². The van der Waals surface area contributed by atoms with Gasteiger partial charge in [0.1, 0.15) is 11.3 Å². The molecule has 1 N–H and O–H groups in total. The maximum atomic E-state index is 13.3. The summed E-state index contributed by atoms with van der Waals surface area (Å²) in [5, 5.41) is 12.1. The molecule has 0 radical (unpaired) electrons. The van der Waals surface area contributed by atoms with Crippen LogP contribution in [0.1, 0.15) is 42.4 Å². The number of ketones is 1. The molecule has 1 aliphatic heterocycles. The second kappa shape index (κ2) is 10.0. The number of aliphatic hydroxyl groups excluding tert-OH is 1. The number of imidazole rings is 1. The number of halogens is 2. The highest BCUT2D eigenvalue weighted by molar-refractivity contribution is 6.46. The zero-order valence-electron chi connectivity index (χ0n) is 20.2. The van der Waals surface area contributed by atoms with Crippen LogP contribution < -0.4 is 0 Å². The number of likely N-dealkylation sites (tertiary alicyclic amines) is 1. The molecule has 0 bridgehead atoms. The molecule has 1 atom stereocenters. The molecule has 1 fully saturated rings. The number of rotatable bonds is 7. The largest absolute Gasteiger partial charge is 0.505 e. The van der Waals surface area contributed by atoms with E-state index < -0.39 is 17.7 Å². The van der Waals surface area contributed by atoms with E-state index in [1.807, 2.05) is 50.4 Å². The molecule has 184 valence electrons. The number of fused-ring (bicyclic) bond motifs is 1. The monoisotopic (exact) mass is 514 g/mol. The fourth-order valence-corrected chi connectivity index (χ4v) is 4.91. The average molecular weight is 515 g/mol. The SMILES string of the molecule is CCN(CC)CCN1C(=O)C(=O)C(=C(O)c2nc3c(C)cccn3c2C)C1c1ccc(Cl)c(Cl)c1. The number of aliphatic hydroxyl groups is 1. The van der Waals surface area contributed by atoms with Crippen LogP contribution in [0.5, 0.6) is 0 Å². The predicted molar refractivity (Wildman–Crippen MR) is 138 cm³/mol. The summed E-state index contributed by atoms with van der Waals surface area (Å²) in [7, 11) is 0. The third-order valence-electron chi connectivity index (χ3n) is 6.66. The van der Waals surface area contributed by atoms with Crippen molar-refractivity contribution in [2.45, 2.75) is 33.7 Å². The van der Waals surface area contributed by atoms with Crippen molar-refractivity contribution >= 4 is 46.3 Å². The number of aromatic nitrogens is 2. The van der Waals surface area contributed by atoms with E-state index in [1.165, 1.54) is 4.90 Å². The van der Waals surface area contributed by atoms with E-state index in [9.17, 15) is 14.7 Å². The van der Waals surface area contributed by atoms with E-state index in [4.69, 9.17) is 23.2 Å². The first-order chi connectivity index (χ1) is 16.7. The molecule has 0 aliphatic carbocycles. The lowest BCUT2D eigenvalue weighted by Crippen LogP contribution is -2.38. The van der Waals surface area contributed by atoms with Gasteiger partial charge >= 0.3 is 0 Å². The number of hydrogen-bond donors (Lipinski definition) is 1. The molecule has 0 spiro atoms. The van der Waals surface area contributed by atoms with Gasteiger partial charge in [0.25, 0.3) is 11.7 Å². The van der Waals surface area contributed by atoms with E-state index >= 15 is 0 Å². The molecule has 0 saturated carbocycles. The number of amides is 1. The quantitative estimate of drug-likeness (QED) is 0.272. The van der Waals surface area contributed by atoms with Crippen LogP contribution in [0.2, 0.25) is 10.0 Å². The third-order valence-corrected chi connectivity index (χ3v) is 7.40. The van der Waals surface area contributed by atoms with Crippen molar-refractivity contribution in [2.24, 2.45) is 0 Å². The van der Waals surface area contributed by atoms with Crippen LogP contribution in [-0.2, 0) is 9.59 Å². The lowest BCUT2D eigenvalue weighted by atomic mass is 9.96. The van der Waals surface area contributed by atoms with E-state index in [2.05, 4.69) is 9.88 Å². The van der Waals surface area contributed by atoms with Crippen LogP contribution in [0, 0.1) is 13.8 Å². The van der Waals surface area contributed by atoms with Crippen molar-refractivity contribution in [1.29, 1.82) is 0 Å². The van der Waals surface area contributed by atoms with Gasteiger partial charge in [0.15, 0.2) is 5.76 Å². The number of aryl methyl sites for hydroxylation is 2. The molecular weight excluding hydrogens is 487 g/mol. The Morgan fingerprint density at radius 2 is 1.83 bits per heavy atom. The zero-order valence-corrected chi connectivity index (χ0v) is 21.7. The first-order valence-corrected chi connectivity index (χ1v) is 12.4. The van der Waals surface area contributed by atoms with Crippen LogP contribution in [-0.4, -0.2) is 62.2 Å². The summed E-state index contributed by atoms with van der Waals surface area (Å²) in [6, 6.07) is 7.99. The van der Waals surface area contributed by atoms with E-state index in [1.54, 1.807) is 18.2 Å². The fourth-order valence-electron chi connectivity index (χ4n) is 4.60. The van der Waals surface area contributed by atoms with Gasteiger partial charge in [0.05, 0.1) is 27.4 Å². The highest BCUT2D eigenvalue weighted by Crippen LogP contribution is 2.41. The Morgan fingerprint density at radius 1 is 1.11 bits per heavy atom. The molecule has 2 aromatic heterocycles. The number of Topliss-reactive ketones (excluding diaryl/α,β-unsaturated/α-hetero) is 1. The highest BCUT2D eigenvalue weighted by atomic mass is 35.5. The van der Waals surface area contributed by atoms with E-state index in [-0.39, 0.29) is 17.0 Å². The second-order valence-corrected chi connectivity index (χ2v) is 9.44. The molecule has 1 amide bonds. The Balaban J connectivity index is 1.89. The van der Waals surface area contributed by atoms with Gasteiger partial charge in [-0.3, -0.25) is 9.59 Å². The maximum Gasteiger partial charge on any atom is 0.295 e. The summed E-state index contributed by atoms with van der Waals surface area (Å²) in [6.07, 6.45) is 1.85. The molecule has 1 unspecified atom stereocenters. The molecule has 4 rings (SSSR count). The summed E-state index contributed by atoms with van der Waals surface area (Å²) in [6.45, 7) is 10.4. The van der Waals surface area contributed by atoms with Crippen LogP contribution >= 0.6 is 23.2 Å². The third kappa shape index (κ3) is 4.44. The second-order valence-electron chi connectivity index (χ2n) is 8.62. The molecule has 7 nitrogen and oxygen atoms in total. The van der Waals surface area contributed by atoms with E-state index in [0.29, 0.717) is 40.0 Å². The van der Waals surface area contributed by atoms with Gasteiger partial charge in [-0.2, -0.15) is 0 Å². The lowest BCUT2D eigenvalue weighted by Gasteiger charge is -2.28. The number of nitrogens with zero attached hydrogens (tertiary/aromatic N) is 4. The van der Waals surface area contributed by atoms with Crippen LogP contribution in [0.15, 0.2) is 42.1 Å². The zero-order chi connectivity index (χ0) is 25.4. The van der Waals surface area contributed by atoms with Crippen molar-refractivity contribution < 1.29 is 14.7 Å². The van der Waals surface area contributed by atoms with Crippen molar-refractivity contribution in [1.82, 2.24) is 19.2 Å². The van der Waals surface area contributed by atoms with Gasteiger partial charge < -0.3 is 19.3 Å². The summed E-state index contributed by atoms with van der Waals surface area (Å²) < 4.78 is 1.86. The normalized spacial score (nSPS) is 17.8. The van der Waals surface area contributed by atoms with Crippen LogP contribution in [0.25, 0.3) is 11.4 Å². The Morgan fingerprint density at radius 3 is 2.46 bits per heavy atom. The fraction of sp³-hybridized carbons (Fsp3) is 0.346. The lowest BCUT2D eigenvalue weighted by molar-refractivity contribution is -0.140. The van der Waals surface area contributed by atoms with Gasteiger partial charge in [0.2, 0.25) is 0 Å². The number of pyridine rings is 1. The molecule has 9 heteroatoms. The standard InChI is InChI=1S/C26H28Cl2N4O3/c1-5-30(6-2)12-13-32-22(17-9-10-18(27)19(28)14-17)20(24(34)26(32)35)23(33)21-16(4)31-11-7-8-15(3)25(31)29-21/h7-11,14,22,33H,5-6,12-13H2,1-4H3. The maximum absolute atomic E-state index is 13.3. The minimum atomic E-state index is -0.814. The molecule has 3 aromatic rings. The smallest absolute Gasteiger partial charge is 0.295 e. The summed E-state index contributed by atoms with van der Waals surface area (Å²) in [4.78, 5) is 34.8. The highest BCUT2D eigenvalue weighted by Gasteiger charge is 2.46. The first-order valence-electron chi connectivity index (χ1n) is 11.6. The molecule has 1 saturated heterocycles. The van der Waals surface area contributed by atoms with Gasteiger partial charge in [-0.15, -0.1) is 0 Å². The van der Waals surface area contributed by atoms with Crippen molar-refractivity contribution in [2.75, 3.05) is 26.2 Å². The molecule has 3 heterocycles. The van der Waals surface area contributed by atoms with E-state index in [0.717, 1.165) is 18.7 Å². The Bertz CT molecular complexity index is 1340. The number of carbonyl (C=O) groups is 2. The number of likely N-dealkylation sites (N-methyl/N-ethyl adjacent to an activating group) is 1. The summed E-state index contributed by atoms with van der Waals surface area (Å²) >= 11 is 12.4. The Kier molecular flexibility index (Phi) is 7.22. The first kappa shape index (κ1) is 25.2. The minimum absolute atomic E-state index is 0.00269. The number of carbonyl (C=O) groups excluding carboxylic acids is 2. The van der Waals surface area contributed by atoms with Crippen molar-refractivity contribution in [3.05, 3.63) is 74.7 Å². The molecule has 1 aromatic carbocycles. The topological polar surface area (TPSA) is 78.2 Å². The van der Waals surface area contributed by atoms with Crippen molar-refractivity contribution in [3.63, 3.8) is 0 Å². The summed E-state index contributed by atoms with van der Waals surface area (Å²) in [5.74, 6) is -1.70. The molecule has 35 heavy (non-hydrogen) atoms.